The van der Waals surface area contributed by atoms with E-state index in [2.05, 4.69) is 0 Å². The predicted molar refractivity (Wildman–Crippen MR) is 79.8 cm³/mol. The van der Waals surface area contributed by atoms with Gasteiger partial charge in [0.2, 0.25) is 0 Å². The van der Waals surface area contributed by atoms with Crippen molar-refractivity contribution in [2.75, 3.05) is 59.7 Å². The van der Waals surface area contributed by atoms with Crippen LogP contribution in [0.1, 0.15) is 20.3 Å². The molecule has 0 saturated carbocycles. The van der Waals surface area contributed by atoms with Gasteiger partial charge in [0, 0.05) is 39.9 Å². The molecule has 7 nitrogen and oxygen atoms in total. The predicted octanol–water partition coefficient (Wildman–Crippen LogP) is -0.113. The van der Waals surface area contributed by atoms with Crippen molar-refractivity contribution in [2.24, 2.45) is 5.73 Å². The molecule has 0 aliphatic carbocycles. The summed E-state index contributed by atoms with van der Waals surface area (Å²) >= 11 is 0. The van der Waals surface area contributed by atoms with Crippen molar-refractivity contribution in [1.29, 1.82) is 0 Å². The Morgan fingerprint density at radius 3 is 1.90 bits per heavy atom. The largest absolute Gasteiger partial charge is 0.380 e. The number of nitrogens with two attached hydrogens (primary N) is 1. The molecular formula is C12H29N3O4S. The summed E-state index contributed by atoms with van der Waals surface area (Å²) in [4.78, 5) is 0. The van der Waals surface area contributed by atoms with Gasteiger partial charge >= 0.3 is 0 Å². The number of hydrogen-bond donors (Lipinski definition) is 1. The molecule has 122 valence electrons. The number of rotatable bonds is 13. The third-order valence-electron chi connectivity index (χ3n) is 2.78. The number of nitrogens with zero attached hydrogens (tertiary/aromatic N) is 2. The third-order valence-corrected chi connectivity index (χ3v) is 4.76. The average molecular weight is 311 g/mol. The lowest BCUT2D eigenvalue weighted by Gasteiger charge is -2.27. The van der Waals surface area contributed by atoms with Crippen LogP contribution in [0.3, 0.4) is 0 Å². The first-order valence-corrected chi connectivity index (χ1v) is 8.47. The van der Waals surface area contributed by atoms with Crippen molar-refractivity contribution in [3.8, 4) is 0 Å². The summed E-state index contributed by atoms with van der Waals surface area (Å²) in [5, 5.41) is 0. The molecule has 0 aromatic heterocycles. The van der Waals surface area contributed by atoms with Gasteiger partial charge in [0.15, 0.2) is 0 Å². The smallest absolute Gasteiger partial charge is 0.281 e. The summed E-state index contributed by atoms with van der Waals surface area (Å²) in [6.07, 6.45) is 0.639. The zero-order chi connectivity index (χ0) is 15.4. The SMILES string of the molecule is CCOCCN(CCOCC)S(=O)(=O)N(C)CCCN. The van der Waals surface area contributed by atoms with Crippen molar-refractivity contribution in [2.45, 2.75) is 20.3 Å². The highest BCUT2D eigenvalue weighted by Crippen LogP contribution is 2.07. The van der Waals surface area contributed by atoms with E-state index >= 15 is 0 Å². The standard InChI is InChI=1S/C12H29N3O4S/c1-4-18-11-9-15(10-12-19-5-2)20(16,17)14(3)8-6-7-13/h4-13H2,1-3H3. The highest BCUT2D eigenvalue weighted by Gasteiger charge is 2.26. The van der Waals surface area contributed by atoms with E-state index in [-0.39, 0.29) is 0 Å². The molecular weight excluding hydrogens is 282 g/mol. The van der Waals surface area contributed by atoms with Gasteiger partial charge in [-0.15, -0.1) is 0 Å². The van der Waals surface area contributed by atoms with Gasteiger partial charge in [-0.2, -0.15) is 17.0 Å². The van der Waals surface area contributed by atoms with E-state index in [4.69, 9.17) is 15.2 Å². The van der Waals surface area contributed by atoms with Crippen LogP contribution in [-0.4, -0.2) is 76.7 Å². The molecule has 0 amide bonds. The second-order valence-corrected chi connectivity index (χ2v) is 6.30. The Bertz CT molecular complexity index is 315. The van der Waals surface area contributed by atoms with Gasteiger partial charge in [0.05, 0.1) is 13.2 Å². The van der Waals surface area contributed by atoms with E-state index < -0.39 is 10.2 Å². The van der Waals surface area contributed by atoms with Crippen molar-refractivity contribution >= 4 is 10.2 Å². The molecule has 0 aliphatic heterocycles. The van der Waals surface area contributed by atoms with Crippen molar-refractivity contribution < 1.29 is 17.9 Å². The molecule has 0 radical (unpaired) electrons. The Morgan fingerprint density at radius 1 is 1.00 bits per heavy atom. The van der Waals surface area contributed by atoms with E-state index in [9.17, 15) is 8.42 Å². The highest BCUT2D eigenvalue weighted by atomic mass is 32.2. The first-order chi connectivity index (χ1) is 9.50. The summed E-state index contributed by atoms with van der Waals surface area (Å²) in [5.74, 6) is 0. The van der Waals surface area contributed by atoms with E-state index in [1.165, 1.54) is 8.61 Å². The Balaban J connectivity index is 4.60. The summed E-state index contributed by atoms with van der Waals surface area (Å²) < 4.78 is 38.1. The van der Waals surface area contributed by atoms with Gasteiger partial charge in [0.25, 0.3) is 10.2 Å². The maximum Gasteiger partial charge on any atom is 0.281 e. The number of ether oxygens (including phenoxy) is 2. The zero-order valence-corrected chi connectivity index (χ0v) is 13.7. The van der Waals surface area contributed by atoms with E-state index in [0.717, 1.165) is 0 Å². The molecule has 0 aliphatic rings. The molecule has 0 spiro atoms. The summed E-state index contributed by atoms with van der Waals surface area (Å²) in [5.41, 5.74) is 5.42. The lowest BCUT2D eigenvalue weighted by Crippen LogP contribution is -2.45. The molecule has 0 aromatic rings. The minimum Gasteiger partial charge on any atom is -0.380 e. The summed E-state index contributed by atoms with van der Waals surface area (Å²) in [6, 6.07) is 0. The highest BCUT2D eigenvalue weighted by molar-refractivity contribution is 7.86. The molecule has 0 atom stereocenters. The van der Waals surface area contributed by atoms with Crippen LogP contribution in [-0.2, 0) is 19.7 Å². The second kappa shape index (κ2) is 11.4. The van der Waals surface area contributed by atoms with Crippen molar-refractivity contribution in [3.63, 3.8) is 0 Å². The van der Waals surface area contributed by atoms with Crippen LogP contribution < -0.4 is 5.73 Å². The van der Waals surface area contributed by atoms with Crippen LogP contribution in [0.5, 0.6) is 0 Å². The van der Waals surface area contributed by atoms with Gasteiger partial charge in [-0.1, -0.05) is 0 Å². The van der Waals surface area contributed by atoms with Gasteiger partial charge in [-0.05, 0) is 26.8 Å². The maximum absolute atomic E-state index is 12.4. The van der Waals surface area contributed by atoms with Crippen LogP contribution in [0, 0.1) is 0 Å². The second-order valence-electron chi connectivity index (χ2n) is 4.26. The molecule has 0 fully saturated rings. The fourth-order valence-corrected chi connectivity index (χ4v) is 2.95. The monoisotopic (exact) mass is 311 g/mol. The first-order valence-electron chi connectivity index (χ1n) is 7.07. The lowest BCUT2D eigenvalue weighted by molar-refractivity contribution is 0.108. The van der Waals surface area contributed by atoms with Crippen LogP contribution >= 0.6 is 0 Å². The Kier molecular flexibility index (Phi) is 11.3. The van der Waals surface area contributed by atoms with Crippen LogP contribution in [0.4, 0.5) is 0 Å². The Hall–Kier alpha value is -0.250. The molecule has 0 saturated heterocycles. The van der Waals surface area contributed by atoms with E-state index in [1.54, 1.807) is 7.05 Å². The van der Waals surface area contributed by atoms with Gasteiger partial charge < -0.3 is 15.2 Å². The Labute approximate surface area is 123 Å². The van der Waals surface area contributed by atoms with Crippen LogP contribution in [0.15, 0.2) is 0 Å². The topological polar surface area (TPSA) is 85.1 Å². The van der Waals surface area contributed by atoms with E-state index in [0.29, 0.717) is 59.0 Å². The van der Waals surface area contributed by atoms with Crippen molar-refractivity contribution in [3.05, 3.63) is 0 Å². The minimum absolute atomic E-state index is 0.330. The van der Waals surface area contributed by atoms with Gasteiger partial charge in [-0.3, -0.25) is 0 Å². The molecule has 0 bridgehead atoms. The fraction of sp³-hybridized carbons (Fsp3) is 1.00. The first kappa shape index (κ1) is 19.8. The zero-order valence-electron chi connectivity index (χ0n) is 12.9. The minimum atomic E-state index is -3.48. The fourth-order valence-electron chi connectivity index (χ4n) is 1.59. The molecule has 0 aromatic carbocycles. The average Bonchev–Trinajstić information content (AvgIpc) is 2.43. The Morgan fingerprint density at radius 2 is 1.50 bits per heavy atom. The molecule has 8 heteroatoms. The van der Waals surface area contributed by atoms with Crippen LogP contribution in [0.2, 0.25) is 0 Å². The molecule has 0 heterocycles. The van der Waals surface area contributed by atoms with Crippen molar-refractivity contribution in [1.82, 2.24) is 8.61 Å². The molecule has 0 unspecified atom stereocenters. The number of hydrogen-bond acceptors (Lipinski definition) is 5. The van der Waals surface area contributed by atoms with Crippen LogP contribution in [0.25, 0.3) is 0 Å². The molecule has 20 heavy (non-hydrogen) atoms. The lowest BCUT2D eigenvalue weighted by atomic mass is 10.4. The van der Waals surface area contributed by atoms with Gasteiger partial charge in [0.1, 0.15) is 0 Å². The normalized spacial score (nSPS) is 12.5. The van der Waals surface area contributed by atoms with Gasteiger partial charge in [-0.25, -0.2) is 0 Å². The molecule has 2 N–H and O–H groups in total. The molecule has 0 rings (SSSR count). The summed E-state index contributed by atoms with van der Waals surface area (Å²) in [7, 11) is -1.91. The third kappa shape index (κ3) is 7.51. The quantitative estimate of drug-likeness (QED) is 0.480. The van der Waals surface area contributed by atoms with E-state index in [1.807, 2.05) is 13.8 Å². The maximum atomic E-state index is 12.4. The summed E-state index contributed by atoms with van der Waals surface area (Å²) in [6.45, 7) is 7.21.